The molecule has 1 aliphatic rings. The van der Waals surface area contributed by atoms with Crippen molar-refractivity contribution in [2.75, 3.05) is 18.0 Å². The van der Waals surface area contributed by atoms with Crippen molar-refractivity contribution in [3.8, 4) is 11.3 Å². The number of pyridine rings is 1. The number of aryl methyl sites for hydroxylation is 1. The van der Waals surface area contributed by atoms with Gasteiger partial charge in [-0.05, 0) is 62.9 Å². The number of fused-ring (bicyclic) bond motifs is 1. The predicted octanol–water partition coefficient (Wildman–Crippen LogP) is 4.99. The first-order valence-electron chi connectivity index (χ1n) is 11.0. The van der Waals surface area contributed by atoms with Crippen molar-refractivity contribution < 1.29 is 4.79 Å². The highest BCUT2D eigenvalue weighted by Gasteiger charge is 2.16. The Morgan fingerprint density at radius 1 is 1.10 bits per heavy atom. The molecule has 0 unspecified atom stereocenters. The van der Waals surface area contributed by atoms with Crippen molar-refractivity contribution in [3.63, 3.8) is 0 Å². The molecule has 0 bridgehead atoms. The Hall–Kier alpha value is -3.41. The maximum absolute atomic E-state index is 12.7. The van der Waals surface area contributed by atoms with Gasteiger partial charge in [0.15, 0.2) is 5.78 Å². The number of piperidine rings is 1. The Balaban J connectivity index is 1.40. The number of rotatable bonds is 5. The second-order valence-corrected chi connectivity index (χ2v) is 8.48. The Kier molecular flexibility index (Phi) is 5.06. The van der Waals surface area contributed by atoms with Gasteiger partial charge in [-0.3, -0.25) is 9.89 Å². The quantitative estimate of drug-likeness (QED) is 0.452. The number of aromatic nitrogens is 4. The molecule has 0 spiro atoms. The van der Waals surface area contributed by atoms with Gasteiger partial charge < -0.3 is 9.88 Å². The van der Waals surface area contributed by atoms with Crippen LogP contribution >= 0.6 is 0 Å². The van der Waals surface area contributed by atoms with Crippen molar-refractivity contribution in [2.45, 2.75) is 39.5 Å². The van der Waals surface area contributed by atoms with Crippen molar-refractivity contribution in [1.82, 2.24) is 20.2 Å². The zero-order valence-electron chi connectivity index (χ0n) is 18.0. The molecule has 6 nitrogen and oxygen atoms in total. The predicted molar refractivity (Wildman–Crippen MR) is 124 cm³/mol. The minimum absolute atomic E-state index is 0.00740. The Morgan fingerprint density at radius 2 is 1.94 bits per heavy atom. The molecule has 0 aliphatic carbocycles. The molecule has 1 aromatic carbocycles. The van der Waals surface area contributed by atoms with E-state index in [-0.39, 0.29) is 5.78 Å². The second kappa shape index (κ2) is 8.02. The first-order chi connectivity index (χ1) is 15.1. The van der Waals surface area contributed by atoms with Crippen LogP contribution in [0.25, 0.3) is 22.3 Å². The number of hydrogen-bond acceptors (Lipinski definition) is 4. The number of benzene rings is 1. The molecule has 4 heterocycles. The largest absolute Gasteiger partial charge is 0.372 e. The molecular weight excluding hydrogens is 386 g/mol. The third-order valence-electron chi connectivity index (χ3n) is 6.29. The van der Waals surface area contributed by atoms with Crippen LogP contribution in [-0.2, 0) is 6.42 Å². The first kappa shape index (κ1) is 19.5. The molecule has 1 aliphatic heterocycles. The molecule has 1 fully saturated rings. The second-order valence-electron chi connectivity index (χ2n) is 8.48. The number of nitrogens with one attached hydrogen (secondary N) is 2. The standard InChI is InChI=1S/C25H27N5O/c1-16-17(2)28-29-24(16)23(31)12-18-11-20-14-22(27-25(20)26-15-18)19-7-6-8-21(13-19)30-9-4-3-5-10-30/h6-8,11,13-15H,3-5,9-10,12H2,1-2H3,(H,26,27)(H,28,29). The Bertz CT molecular complexity index is 1250. The monoisotopic (exact) mass is 413 g/mol. The number of aromatic amines is 2. The molecule has 0 radical (unpaired) electrons. The minimum atomic E-state index is 0.00740. The fourth-order valence-corrected chi connectivity index (χ4v) is 4.36. The minimum Gasteiger partial charge on any atom is -0.372 e. The molecule has 0 amide bonds. The normalized spacial score (nSPS) is 14.3. The number of nitrogens with zero attached hydrogens (tertiary/aromatic N) is 3. The zero-order chi connectivity index (χ0) is 21.4. The average molecular weight is 414 g/mol. The van der Waals surface area contributed by atoms with Crippen LogP contribution < -0.4 is 4.90 Å². The highest BCUT2D eigenvalue weighted by Crippen LogP contribution is 2.28. The molecule has 158 valence electrons. The molecule has 0 atom stereocenters. The van der Waals surface area contributed by atoms with E-state index < -0.39 is 0 Å². The molecule has 3 aromatic heterocycles. The number of hydrogen-bond donors (Lipinski definition) is 2. The van der Waals surface area contributed by atoms with Crippen LogP contribution in [0.5, 0.6) is 0 Å². The van der Waals surface area contributed by atoms with E-state index in [1.54, 1.807) is 6.20 Å². The fourth-order valence-electron chi connectivity index (χ4n) is 4.36. The van der Waals surface area contributed by atoms with Gasteiger partial charge in [0.25, 0.3) is 0 Å². The van der Waals surface area contributed by atoms with Gasteiger partial charge >= 0.3 is 0 Å². The summed E-state index contributed by atoms with van der Waals surface area (Å²) in [5.74, 6) is 0.00740. The van der Waals surface area contributed by atoms with E-state index in [4.69, 9.17) is 0 Å². The number of Topliss-reactive ketones (excluding diaryl/α,β-unsaturated/α-hetero) is 1. The van der Waals surface area contributed by atoms with Crippen LogP contribution in [0, 0.1) is 13.8 Å². The molecular formula is C25H27N5O. The van der Waals surface area contributed by atoms with E-state index in [9.17, 15) is 4.79 Å². The van der Waals surface area contributed by atoms with E-state index >= 15 is 0 Å². The topological polar surface area (TPSA) is 77.7 Å². The average Bonchev–Trinajstić information content (AvgIpc) is 3.37. The Morgan fingerprint density at radius 3 is 2.71 bits per heavy atom. The lowest BCUT2D eigenvalue weighted by atomic mass is 10.0. The summed E-state index contributed by atoms with van der Waals surface area (Å²) in [4.78, 5) is 23.1. The van der Waals surface area contributed by atoms with Crippen molar-refractivity contribution >= 4 is 22.5 Å². The van der Waals surface area contributed by atoms with E-state index in [2.05, 4.69) is 55.4 Å². The Labute approximate surface area is 181 Å². The summed E-state index contributed by atoms with van der Waals surface area (Å²) in [6.07, 6.45) is 5.92. The number of H-pyrrole nitrogens is 2. The van der Waals surface area contributed by atoms with Gasteiger partial charge in [0.2, 0.25) is 0 Å². The summed E-state index contributed by atoms with van der Waals surface area (Å²) in [5, 5.41) is 8.06. The summed E-state index contributed by atoms with van der Waals surface area (Å²) < 4.78 is 0. The van der Waals surface area contributed by atoms with Crippen LogP contribution in [0.15, 0.2) is 42.6 Å². The fraction of sp³-hybridized carbons (Fsp3) is 0.320. The van der Waals surface area contributed by atoms with Crippen molar-refractivity contribution in [2.24, 2.45) is 0 Å². The third-order valence-corrected chi connectivity index (χ3v) is 6.29. The maximum Gasteiger partial charge on any atom is 0.187 e. The van der Waals surface area contributed by atoms with Gasteiger partial charge in [0, 0.05) is 59.3 Å². The van der Waals surface area contributed by atoms with E-state index in [0.29, 0.717) is 12.1 Å². The lowest BCUT2D eigenvalue weighted by Crippen LogP contribution is -2.29. The SMILES string of the molecule is Cc1[nH]nc(C(=O)Cc2cnc3[nH]c(-c4cccc(N5CCCCC5)c4)cc3c2)c1C. The van der Waals surface area contributed by atoms with Gasteiger partial charge in [0.05, 0.1) is 0 Å². The molecule has 6 heteroatoms. The van der Waals surface area contributed by atoms with E-state index in [1.807, 2.05) is 19.9 Å². The molecule has 4 aromatic rings. The molecule has 31 heavy (non-hydrogen) atoms. The number of carbonyl (C=O) groups is 1. The summed E-state index contributed by atoms with van der Waals surface area (Å²) in [7, 11) is 0. The van der Waals surface area contributed by atoms with Gasteiger partial charge in [-0.15, -0.1) is 0 Å². The van der Waals surface area contributed by atoms with Crippen LogP contribution in [0.4, 0.5) is 5.69 Å². The van der Waals surface area contributed by atoms with Crippen molar-refractivity contribution in [3.05, 3.63) is 65.1 Å². The van der Waals surface area contributed by atoms with Gasteiger partial charge in [0.1, 0.15) is 11.3 Å². The van der Waals surface area contributed by atoms with Gasteiger partial charge in [-0.2, -0.15) is 5.10 Å². The van der Waals surface area contributed by atoms with Gasteiger partial charge in [-0.1, -0.05) is 12.1 Å². The van der Waals surface area contributed by atoms with E-state index in [1.165, 1.54) is 24.9 Å². The molecule has 2 N–H and O–H groups in total. The number of carbonyl (C=O) groups excluding carboxylic acids is 1. The first-order valence-corrected chi connectivity index (χ1v) is 11.0. The lowest BCUT2D eigenvalue weighted by molar-refractivity contribution is 0.0987. The number of ketones is 1. The van der Waals surface area contributed by atoms with Gasteiger partial charge in [-0.25, -0.2) is 4.98 Å². The van der Waals surface area contributed by atoms with Crippen LogP contribution in [0.2, 0.25) is 0 Å². The zero-order valence-corrected chi connectivity index (χ0v) is 18.0. The maximum atomic E-state index is 12.7. The summed E-state index contributed by atoms with van der Waals surface area (Å²) in [6.45, 7) is 6.10. The smallest absolute Gasteiger partial charge is 0.187 e. The molecule has 5 rings (SSSR count). The lowest BCUT2D eigenvalue weighted by Gasteiger charge is -2.29. The van der Waals surface area contributed by atoms with Crippen LogP contribution in [0.3, 0.4) is 0 Å². The third kappa shape index (κ3) is 3.85. The van der Waals surface area contributed by atoms with E-state index in [0.717, 1.165) is 52.2 Å². The van der Waals surface area contributed by atoms with Crippen LogP contribution in [-0.4, -0.2) is 39.0 Å². The summed E-state index contributed by atoms with van der Waals surface area (Å²) >= 11 is 0. The highest BCUT2D eigenvalue weighted by atomic mass is 16.1. The summed E-state index contributed by atoms with van der Waals surface area (Å²) in [6, 6.07) is 12.9. The number of anilines is 1. The molecule has 1 saturated heterocycles. The summed E-state index contributed by atoms with van der Waals surface area (Å²) in [5.41, 5.74) is 7.56. The molecule has 0 saturated carbocycles. The van der Waals surface area contributed by atoms with Crippen molar-refractivity contribution in [1.29, 1.82) is 0 Å². The van der Waals surface area contributed by atoms with Crippen LogP contribution in [0.1, 0.15) is 46.6 Å². The highest BCUT2D eigenvalue weighted by molar-refractivity contribution is 5.97.